The fourth-order valence-electron chi connectivity index (χ4n) is 5.04. The number of carbonyl (C=O) groups excluding carboxylic acids is 2. The number of para-hydroxylation sites is 2. The molecule has 202 valence electrons. The van der Waals surface area contributed by atoms with E-state index >= 15 is 0 Å². The SMILES string of the molecule is COCCN1CCCCCN(C(=O)c2cnc3ccccc3c2)[C@@H](CC(C)C)COc2ccccc2C1=O. The Morgan fingerprint density at radius 1 is 1.08 bits per heavy atom. The van der Waals surface area contributed by atoms with E-state index < -0.39 is 0 Å². The Morgan fingerprint density at radius 3 is 2.66 bits per heavy atom. The summed E-state index contributed by atoms with van der Waals surface area (Å²) in [5.74, 6) is 0.837. The second kappa shape index (κ2) is 13.4. The van der Waals surface area contributed by atoms with Crippen molar-refractivity contribution in [3.05, 3.63) is 71.9 Å². The molecule has 1 aliphatic rings. The van der Waals surface area contributed by atoms with Gasteiger partial charge >= 0.3 is 0 Å². The van der Waals surface area contributed by atoms with Crippen molar-refractivity contribution < 1.29 is 19.1 Å². The van der Waals surface area contributed by atoms with Gasteiger partial charge in [-0.15, -0.1) is 0 Å². The number of fused-ring (bicyclic) bond motifs is 2. The Hall–Kier alpha value is -3.45. The zero-order valence-corrected chi connectivity index (χ0v) is 22.8. The van der Waals surface area contributed by atoms with E-state index in [0.717, 1.165) is 36.6 Å². The van der Waals surface area contributed by atoms with Crippen LogP contribution < -0.4 is 4.74 Å². The number of aromatic nitrogens is 1. The van der Waals surface area contributed by atoms with E-state index in [9.17, 15) is 9.59 Å². The van der Waals surface area contributed by atoms with Crippen molar-refractivity contribution >= 4 is 22.7 Å². The molecular weight excluding hydrogens is 478 g/mol. The fourth-order valence-corrected chi connectivity index (χ4v) is 5.04. The molecule has 0 aliphatic carbocycles. The van der Waals surface area contributed by atoms with Crippen LogP contribution in [0, 0.1) is 5.92 Å². The van der Waals surface area contributed by atoms with Gasteiger partial charge in [-0.1, -0.05) is 44.2 Å². The number of hydrogen-bond acceptors (Lipinski definition) is 5. The smallest absolute Gasteiger partial charge is 0.257 e. The zero-order valence-electron chi connectivity index (χ0n) is 22.8. The molecule has 7 nitrogen and oxygen atoms in total. The van der Waals surface area contributed by atoms with Gasteiger partial charge in [0.15, 0.2) is 0 Å². The summed E-state index contributed by atoms with van der Waals surface area (Å²) in [5, 5.41) is 0.949. The number of rotatable bonds is 6. The van der Waals surface area contributed by atoms with Gasteiger partial charge in [-0.3, -0.25) is 14.6 Å². The lowest BCUT2D eigenvalue weighted by molar-refractivity contribution is 0.0572. The third-order valence-corrected chi connectivity index (χ3v) is 7.01. The quantitative estimate of drug-likeness (QED) is 0.435. The normalized spacial score (nSPS) is 17.4. The summed E-state index contributed by atoms with van der Waals surface area (Å²) in [7, 11) is 1.65. The largest absolute Gasteiger partial charge is 0.491 e. The molecule has 4 rings (SSSR count). The maximum Gasteiger partial charge on any atom is 0.257 e. The molecule has 2 heterocycles. The van der Waals surface area contributed by atoms with Crippen LogP contribution in [-0.4, -0.2) is 72.6 Å². The number of methoxy groups -OCH3 is 1. The Bertz CT molecular complexity index is 1230. The van der Waals surface area contributed by atoms with Gasteiger partial charge in [0.1, 0.15) is 12.4 Å². The number of ether oxygens (including phenoxy) is 2. The monoisotopic (exact) mass is 517 g/mol. The van der Waals surface area contributed by atoms with E-state index in [4.69, 9.17) is 9.47 Å². The number of carbonyl (C=O) groups is 2. The summed E-state index contributed by atoms with van der Waals surface area (Å²) in [6.07, 6.45) is 5.09. The first-order valence-corrected chi connectivity index (χ1v) is 13.6. The molecule has 38 heavy (non-hydrogen) atoms. The molecule has 1 aliphatic heterocycles. The minimum absolute atomic E-state index is 0.0292. The summed E-state index contributed by atoms with van der Waals surface area (Å²) in [4.78, 5) is 35.8. The van der Waals surface area contributed by atoms with Gasteiger partial charge < -0.3 is 19.3 Å². The second-order valence-corrected chi connectivity index (χ2v) is 10.4. The van der Waals surface area contributed by atoms with Crippen molar-refractivity contribution in [2.45, 2.75) is 45.6 Å². The van der Waals surface area contributed by atoms with E-state index in [1.165, 1.54) is 0 Å². The van der Waals surface area contributed by atoms with Crippen molar-refractivity contribution in [2.24, 2.45) is 5.92 Å². The molecule has 2 aromatic carbocycles. The number of benzene rings is 2. The van der Waals surface area contributed by atoms with Crippen molar-refractivity contribution in [3.63, 3.8) is 0 Å². The molecular formula is C31H39N3O4. The molecule has 1 atom stereocenters. The van der Waals surface area contributed by atoms with Crippen molar-refractivity contribution in [3.8, 4) is 5.75 Å². The lowest BCUT2D eigenvalue weighted by Crippen LogP contribution is -2.45. The Labute approximate surface area is 225 Å². The van der Waals surface area contributed by atoms with Gasteiger partial charge in [-0.25, -0.2) is 0 Å². The van der Waals surface area contributed by atoms with Crippen LogP contribution in [0.15, 0.2) is 60.8 Å². The summed E-state index contributed by atoms with van der Waals surface area (Å²) in [6, 6.07) is 17.0. The summed E-state index contributed by atoms with van der Waals surface area (Å²) in [6.45, 7) is 6.90. The molecule has 0 saturated carbocycles. The van der Waals surface area contributed by atoms with E-state index in [2.05, 4.69) is 18.8 Å². The molecule has 2 amide bonds. The van der Waals surface area contributed by atoms with E-state index in [-0.39, 0.29) is 17.9 Å². The number of nitrogens with zero attached hydrogens (tertiary/aromatic N) is 3. The lowest BCUT2D eigenvalue weighted by Gasteiger charge is -2.33. The first-order valence-electron chi connectivity index (χ1n) is 13.6. The van der Waals surface area contributed by atoms with E-state index in [1.807, 2.05) is 64.4 Å². The molecule has 0 unspecified atom stereocenters. The van der Waals surface area contributed by atoms with E-state index in [0.29, 0.717) is 55.6 Å². The predicted molar refractivity (Wildman–Crippen MR) is 150 cm³/mol. The third kappa shape index (κ3) is 6.90. The summed E-state index contributed by atoms with van der Waals surface area (Å²) < 4.78 is 11.6. The topological polar surface area (TPSA) is 72.0 Å². The van der Waals surface area contributed by atoms with Gasteiger partial charge in [0.05, 0.1) is 29.3 Å². The number of amides is 2. The second-order valence-electron chi connectivity index (χ2n) is 10.4. The minimum Gasteiger partial charge on any atom is -0.491 e. The first kappa shape index (κ1) is 27.6. The van der Waals surface area contributed by atoms with Gasteiger partial charge in [0, 0.05) is 38.3 Å². The van der Waals surface area contributed by atoms with Crippen LogP contribution in [0.1, 0.15) is 60.2 Å². The maximum atomic E-state index is 13.9. The average molecular weight is 518 g/mol. The first-order chi connectivity index (χ1) is 18.5. The van der Waals surface area contributed by atoms with Crippen LogP contribution in [0.5, 0.6) is 5.75 Å². The molecule has 0 saturated heterocycles. The third-order valence-electron chi connectivity index (χ3n) is 7.01. The van der Waals surface area contributed by atoms with Gasteiger partial charge in [0.25, 0.3) is 11.8 Å². The molecule has 0 N–H and O–H groups in total. The predicted octanol–water partition coefficient (Wildman–Crippen LogP) is 5.44. The number of hydrogen-bond donors (Lipinski definition) is 0. The summed E-state index contributed by atoms with van der Waals surface area (Å²) >= 11 is 0. The molecule has 1 aromatic heterocycles. The van der Waals surface area contributed by atoms with Crippen molar-refractivity contribution in [1.29, 1.82) is 0 Å². The lowest BCUT2D eigenvalue weighted by atomic mass is 10.0. The molecule has 0 radical (unpaired) electrons. The highest BCUT2D eigenvalue weighted by molar-refractivity contribution is 5.98. The van der Waals surface area contributed by atoms with E-state index in [1.54, 1.807) is 13.3 Å². The Morgan fingerprint density at radius 2 is 1.84 bits per heavy atom. The van der Waals surface area contributed by atoms with Gasteiger partial charge in [-0.05, 0) is 55.9 Å². The van der Waals surface area contributed by atoms with Crippen molar-refractivity contribution in [1.82, 2.24) is 14.8 Å². The highest BCUT2D eigenvalue weighted by Crippen LogP contribution is 2.24. The van der Waals surface area contributed by atoms with Crippen molar-refractivity contribution in [2.75, 3.05) is 40.0 Å². The van der Waals surface area contributed by atoms with Crippen LogP contribution in [0.3, 0.4) is 0 Å². The van der Waals surface area contributed by atoms with Crippen LogP contribution in [0.2, 0.25) is 0 Å². The maximum absolute atomic E-state index is 13.9. The van der Waals surface area contributed by atoms with Crippen LogP contribution in [0.25, 0.3) is 10.9 Å². The van der Waals surface area contributed by atoms with Crippen LogP contribution >= 0.6 is 0 Å². The fraction of sp³-hybridized carbons (Fsp3) is 0.452. The summed E-state index contributed by atoms with van der Waals surface area (Å²) in [5.41, 5.74) is 2.00. The molecule has 0 bridgehead atoms. The molecule has 7 heteroatoms. The minimum atomic E-state index is -0.137. The van der Waals surface area contributed by atoms with Crippen LogP contribution in [-0.2, 0) is 4.74 Å². The van der Waals surface area contributed by atoms with Gasteiger partial charge in [0.2, 0.25) is 0 Å². The van der Waals surface area contributed by atoms with Gasteiger partial charge in [-0.2, -0.15) is 0 Å². The standard InChI is InChI=1S/C31H39N3O4/c1-23(2)19-26-22-38-29-14-8-6-12-27(29)31(36)33(17-18-37-3)15-9-4-10-16-34(26)30(35)25-20-24-11-5-7-13-28(24)32-21-25/h5-8,11-14,20-21,23,26H,4,9-10,15-19,22H2,1-3H3/t26-/m0/s1. The van der Waals surface area contributed by atoms with Crippen LogP contribution in [0.4, 0.5) is 0 Å². The molecule has 0 fully saturated rings. The highest BCUT2D eigenvalue weighted by atomic mass is 16.5. The average Bonchev–Trinajstić information content (AvgIpc) is 2.94. The Kier molecular flexibility index (Phi) is 9.71. The number of pyridine rings is 1. The zero-order chi connectivity index (χ0) is 26.9. The molecule has 3 aromatic rings. The Balaban J connectivity index is 1.65. The molecule has 0 spiro atoms. The highest BCUT2D eigenvalue weighted by Gasteiger charge is 2.28.